The molecule has 2 aromatic carbocycles. The first kappa shape index (κ1) is 36.3. The molecule has 4 N–H and O–H groups in total. The molecule has 1 saturated carbocycles. The van der Waals surface area contributed by atoms with E-state index in [0.717, 1.165) is 87.4 Å². The van der Waals surface area contributed by atoms with Gasteiger partial charge < -0.3 is 20.9 Å². The standard InChI is InChI=1S/C43H56N2O4/c1-4-6-9-15-37-32(12-7-5-2)23-30(22-29-20-21-45-42(44)25-29)24-34-17-19-36(31-13-10-8-11-14-31)38-28-39(47)41(49-3)26-33(38)16-18-35(46)27-40(48)43(34)37/h8,10-11,13-14,20,25-26,28,30,32,34,36-37,43,45,47H,4-7,9,12,15-16,18,21-24,27,44H2,1-3H3. The van der Waals surface area contributed by atoms with Gasteiger partial charge in [0.05, 0.1) is 25.3 Å². The number of benzene rings is 2. The number of hydrogen-bond donors (Lipinski definition) is 3. The van der Waals surface area contributed by atoms with E-state index in [1.54, 1.807) is 6.07 Å². The van der Waals surface area contributed by atoms with Gasteiger partial charge in [0.25, 0.3) is 0 Å². The maximum absolute atomic E-state index is 14.6. The van der Waals surface area contributed by atoms with Crippen LogP contribution in [0.1, 0.15) is 114 Å². The highest BCUT2D eigenvalue weighted by Gasteiger charge is 2.43. The van der Waals surface area contributed by atoms with Gasteiger partial charge in [0.1, 0.15) is 11.6 Å². The van der Waals surface area contributed by atoms with Crippen molar-refractivity contribution in [2.75, 3.05) is 13.7 Å². The van der Waals surface area contributed by atoms with Gasteiger partial charge in [0.15, 0.2) is 11.5 Å². The number of phenolic OH excluding ortho intramolecular Hbond substituents is 1. The van der Waals surface area contributed by atoms with E-state index in [1.165, 1.54) is 12.7 Å². The molecule has 6 atom stereocenters. The number of unbranched alkanes of at least 4 members (excludes halogenated alkanes) is 3. The van der Waals surface area contributed by atoms with Crippen LogP contribution < -0.4 is 15.8 Å². The summed E-state index contributed by atoms with van der Waals surface area (Å²) in [5.41, 5.74) is 10.3. The van der Waals surface area contributed by atoms with Crippen LogP contribution in [0.4, 0.5) is 0 Å². The van der Waals surface area contributed by atoms with Gasteiger partial charge in [-0.3, -0.25) is 9.59 Å². The van der Waals surface area contributed by atoms with Crippen LogP contribution in [0.2, 0.25) is 0 Å². The molecule has 5 rings (SSSR count). The van der Waals surface area contributed by atoms with Crippen molar-refractivity contribution in [2.24, 2.45) is 35.3 Å². The molecule has 0 spiro atoms. The SMILES string of the molecule is CCCCCC1C(CCCC)CC(CC2=CCNC(N)=C2)CC2C#CC(c3ccccc3)c3cc(O)c(OC)cc3CCC(=O)CC(=O)C21. The minimum absolute atomic E-state index is 0.0229. The second-order valence-electron chi connectivity index (χ2n) is 14.5. The Hall–Kier alpha value is -3.98. The van der Waals surface area contributed by atoms with Crippen molar-refractivity contribution in [1.29, 1.82) is 0 Å². The van der Waals surface area contributed by atoms with Gasteiger partial charge in [0.2, 0.25) is 0 Å². The number of rotatable bonds is 11. The third kappa shape index (κ3) is 9.38. The van der Waals surface area contributed by atoms with Crippen LogP contribution in [0.5, 0.6) is 11.5 Å². The summed E-state index contributed by atoms with van der Waals surface area (Å²) in [6, 6.07) is 13.8. The number of aryl methyl sites for hydroxylation is 1. The van der Waals surface area contributed by atoms with E-state index >= 15 is 0 Å². The Morgan fingerprint density at radius 2 is 1.78 bits per heavy atom. The monoisotopic (exact) mass is 664 g/mol. The van der Waals surface area contributed by atoms with E-state index < -0.39 is 0 Å². The average Bonchev–Trinajstić information content (AvgIpc) is 3.23. The van der Waals surface area contributed by atoms with Gasteiger partial charge in [-0.25, -0.2) is 0 Å². The lowest BCUT2D eigenvalue weighted by Crippen LogP contribution is -2.34. The van der Waals surface area contributed by atoms with Crippen molar-refractivity contribution in [3.8, 4) is 23.3 Å². The number of nitrogens with one attached hydrogen (secondary N) is 1. The maximum Gasteiger partial charge on any atom is 0.160 e. The van der Waals surface area contributed by atoms with Crippen molar-refractivity contribution in [3.05, 3.63) is 82.7 Å². The number of allylic oxidation sites excluding steroid dienone is 2. The van der Waals surface area contributed by atoms with Crippen LogP contribution in [0.3, 0.4) is 0 Å². The summed E-state index contributed by atoms with van der Waals surface area (Å²) in [6.07, 6.45) is 15.5. The van der Waals surface area contributed by atoms with E-state index in [1.807, 2.05) is 24.3 Å². The van der Waals surface area contributed by atoms with Crippen molar-refractivity contribution >= 4 is 11.6 Å². The summed E-state index contributed by atoms with van der Waals surface area (Å²) in [5, 5.41) is 14.2. The normalized spacial score (nSPS) is 25.9. The number of ether oxygens (including phenoxy) is 1. The van der Waals surface area contributed by atoms with Crippen molar-refractivity contribution in [3.63, 3.8) is 0 Å². The minimum atomic E-state index is -0.329. The fourth-order valence-corrected chi connectivity index (χ4v) is 8.63. The molecule has 1 fully saturated rings. The third-order valence-corrected chi connectivity index (χ3v) is 11.0. The molecule has 2 aliphatic carbocycles. The summed E-state index contributed by atoms with van der Waals surface area (Å²) < 4.78 is 5.48. The molecule has 0 amide bonds. The van der Waals surface area contributed by atoms with Gasteiger partial charge >= 0.3 is 0 Å². The first-order valence-electron chi connectivity index (χ1n) is 18.7. The molecule has 2 aromatic rings. The molecular weight excluding hydrogens is 608 g/mol. The zero-order valence-electron chi connectivity index (χ0n) is 29.8. The number of ketones is 2. The molecule has 6 heteroatoms. The van der Waals surface area contributed by atoms with Crippen molar-refractivity contribution in [2.45, 2.75) is 103 Å². The number of dihydropyridines is 1. The van der Waals surface area contributed by atoms with Crippen LogP contribution >= 0.6 is 0 Å². The van der Waals surface area contributed by atoms with Crippen LogP contribution in [0, 0.1) is 41.4 Å². The molecule has 6 nitrogen and oxygen atoms in total. The second-order valence-corrected chi connectivity index (χ2v) is 14.5. The van der Waals surface area contributed by atoms with Crippen LogP contribution in [-0.2, 0) is 16.0 Å². The number of carbonyl (C=O) groups excluding carboxylic acids is 2. The summed E-state index contributed by atoms with van der Waals surface area (Å²) in [4.78, 5) is 28.2. The van der Waals surface area contributed by atoms with E-state index in [2.05, 4.69) is 55.3 Å². The summed E-state index contributed by atoms with van der Waals surface area (Å²) in [5.74, 6) is 8.85. The number of Topliss-reactive ketones (excluding diaryl/α,β-unsaturated/α-hetero) is 2. The third-order valence-electron chi connectivity index (χ3n) is 11.0. The number of aromatic hydroxyl groups is 1. The molecule has 6 unspecified atom stereocenters. The van der Waals surface area contributed by atoms with Crippen molar-refractivity contribution in [1.82, 2.24) is 5.32 Å². The summed E-state index contributed by atoms with van der Waals surface area (Å²) >= 11 is 0. The first-order valence-corrected chi connectivity index (χ1v) is 18.7. The summed E-state index contributed by atoms with van der Waals surface area (Å²) in [7, 11) is 1.53. The maximum atomic E-state index is 14.6. The average molecular weight is 665 g/mol. The Morgan fingerprint density at radius 1 is 0.980 bits per heavy atom. The van der Waals surface area contributed by atoms with Crippen LogP contribution in [0.25, 0.3) is 0 Å². The van der Waals surface area contributed by atoms with E-state index in [0.29, 0.717) is 29.8 Å². The van der Waals surface area contributed by atoms with Gasteiger partial charge in [-0.15, -0.1) is 0 Å². The molecule has 0 saturated heterocycles. The number of nitrogens with two attached hydrogens (primary N) is 1. The molecular formula is C43H56N2O4. The summed E-state index contributed by atoms with van der Waals surface area (Å²) in [6.45, 7) is 5.20. The number of phenols is 1. The Bertz CT molecular complexity index is 1570. The fourth-order valence-electron chi connectivity index (χ4n) is 8.63. The molecule has 0 bridgehead atoms. The largest absolute Gasteiger partial charge is 0.504 e. The quantitative estimate of drug-likeness (QED) is 0.127. The molecule has 1 heterocycles. The predicted molar refractivity (Wildman–Crippen MR) is 197 cm³/mol. The Labute approximate surface area is 294 Å². The lowest BCUT2D eigenvalue weighted by molar-refractivity contribution is -0.131. The molecule has 262 valence electrons. The number of carbonyl (C=O) groups is 2. The zero-order valence-corrected chi connectivity index (χ0v) is 29.8. The number of hydrogen-bond acceptors (Lipinski definition) is 6. The van der Waals surface area contributed by atoms with Gasteiger partial charge in [-0.05, 0) is 90.3 Å². The topological polar surface area (TPSA) is 102 Å². The van der Waals surface area contributed by atoms with E-state index in [4.69, 9.17) is 10.5 Å². The number of fused-ring (bicyclic) bond motifs is 2. The molecule has 1 aliphatic heterocycles. The Balaban J connectivity index is 1.67. The smallest absolute Gasteiger partial charge is 0.160 e. The molecule has 49 heavy (non-hydrogen) atoms. The lowest BCUT2D eigenvalue weighted by atomic mass is 9.69. The van der Waals surface area contributed by atoms with Crippen LogP contribution in [-0.4, -0.2) is 30.3 Å². The van der Waals surface area contributed by atoms with E-state index in [-0.39, 0.29) is 53.8 Å². The highest BCUT2D eigenvalue weighted by molar-refractivity contribution is 6.00. The highest BCUT2D eigenvalue weighted by Crippen LogP contribution is 2.47. The second kappa shape index (κ2) is 17.6. The van der Waals surface area contributed by atoms with Gasteiger partial charge in [-0.2, -0.15) is 0 Å². The molecule has 0 aromatic heterocycles. The highest BCUT2D eigenvalue weighted by atomic mass is 16.5. The Kier molecular flexibility index (Phi) is 13.0. The first-order chi connectivity index (χ1) is 23.8. The zero-order chi connectivity index (χ0) is 34.8. The van der Waals surface area contributed by atoms with Gasteiger partial charge in [0, 0.05) is 24.8 Å². The fraction of sp³-hybridized carbons (Fsp3) is 0.535. The molecule has 3 aliphatic rings. The lowest BCUT2D eigenvalue weighted by Gasteiger charge is -2.34. The molecule has 0 radical (unpaired) electrons. The predicted octanol–water partition coefficient (Wildman–Crippen LogP) is 8.38. The Morgan fingerprint density at radius 3 is 2.51 bits per heavy atom. The van der Waals surface area contributed by atoms with Gasteiger partial charge in [-0.1, -0.05) is 101 Å². The minimum Gasteiger partial charge on any atom is -0.504 e. The van der Waals surface area contributed by atoms with Crippen molar-refractivity contribution < 1.29 is 19.4 Å². The van der Waals surface area contributed by atoms with Crippen LogP contribution in [0.15, 0.2) is 66.0 Å². The number of methoxy groups -OCH3 is 1. The van der Waals surface area contributed by atoms with E-state index in [9.17, 15) is 14.7 Å².